The van der Waals surface area contributed by atoms with E-state index >= 15 is 0 Å². The molecule has 1 N–H and O–H groups in total. The molecule has 0 aliphatic heterocycles. The fraction of sp³-hybridized carbons (Fsp3) is 0.200. The van der Waals surface area contributed by atoms with Gasteiger partial charge in [-0.1, -0.05) is 29.8 Å². The Hall–Kier alpha value is -0.990. The molecule has 1 aromatic carbocycles. The van der Waals surface area contributed by atoms with Crippen LogP contribution in [0.1, 0.15) is 11.7 Å². The van der Waals surface area contributed by atoms with Gasteiger partial charge in [-0.15, -0.1) is 6.58 Å². The molecule has 0 fully saturated rings. The molecule has 0 bridgehead atoms. The number of rotatable bonds is 3. The van der Waals surface area contributed by atoms with Crippen LogP contribution in [0.4, 0.5) is 0 Å². The minimum atomic E-state index is -0.742. The van der Waals surface area contributed by atoms with Gasteiger partial charge in [0.25, 0.3) is 0 Å². The summed E-state index contributed by atoms with van der Waals surface area (Å²) in [6.45, 7) is 3.49. The molecule has 0 heterocycles. The molecule has 13 heavy (non-hydrogen) atoms. The highest BCUT2D eigenvalue weighted by Gasteiger charge is 2.11. The van der Waals surface area contributed by atoms with Crippen molar-refractivity contribution in [2.75, 3.05) is 7.11 Å². The van der Waals surface area contributed by atoms with Gasteiger partial charge in [0, 0.05) is 5.56 Å². The number of hydrogen-bond acceptors (Lipinski definition) is 2. The van der Waals surface area contributed by atoms with E-state index in [-0.39, 0.29) is 0 Å². The third kappa shape index (κ3) is 2.02. The Morgan fingerprint density at radius 1 is 1.62 bits per heavy atom. The summed E-state index contributed by atoms with van der Waals surface area (Å²) in [5.41, 5.74) is 0.630. The van der Waals surface area contributed by atoms with E-state index in [1.807, 2.05) is 0 Å². The molecule has 0 saturated carbocycles. The van der Waals surface area contributed by atoms with E-state index in [9.17, 15) is 5.11 Å². The van der Waals surface area contributed by atoms with Crippen LogP contribution in [-0.2, 0) is 0 Å². The molecular weight excluding hydrogens is 188 g/mol. The molecule has 0 aliphatic carbocycles. The van der Waals surface area contributed by atoms with Crippen molar-refractivity contribution in [1.82, 2.24) is 0 Å². The first-order valence-electron chi connectivity index (χ1n) is 3.83. The second kappa shape index (κ2) is 4.30. The SMILES string of the molecule is C=CC(O)c1cccc(Cl)c1OC. The quantitative estimate of drug-likeness (QED) is 0.757. The number of para-hydroxylation sites is 1. The lowest BCUT2D eigenvalue weighted by Crippen LogP contribution is -1.97. The number of aliphatic hydroxyl groups excluding tert-OH is 1. The zero-order chi connectivity index (χ0) is 9.84. The van der Waals surface area contributed by atoms with E-state index in [1.54, 1.807) is 18.2 Å². The van der Waals surface area contributed by atoms with E-state index in [4.69, 9.17) is 16.3 Å². The summed E-state index contributed by atoms with van der Waals surface area (Å²) in [6.07, 6.45) is 0.683. The Bertz CT molecular complexity index is 310. The highest BCUT2D eigenvalue weighted by Crippen LogP contribution is 2.32. The van der Waals surface area contributed by atoms with Gasteiger partial charge in [-0.05, 0) is 6.07 Å². The maximum absolute atomic E-state index is 9.51. The van der Waals surface area contributed by atoms with Crippen molar-refractivity contribution in [2.45, 2.75) is 6.10 Å². The summed E-state index contributed by atoms with van der Waals surface area (Å²) in [4.78, 5) is 0. The van der Waals surface area contributed by atoms with Crippen LogP contribution >= 0.6 is 11.6 Å². The van der Waals surface area contributed by atoms with Crippen LogP contribution < -0.4 is 4.74 Å². The smallest absolute Gasteiger partial charge is 0.143 e. The minimum Gasteiger partial charge on any atom is -0.495 e. The Morgan fingerprint density at radius 2 is 2.31 bits per heavy atom. The molecule has 1 atom stereocenters. The fourth-order valence-corrected chi connectivity index (χ4v) is 1.36. The number of aliphatic hydroxyl groups is 1. The van der Waals surface area contributed by atoms with Crippen molar-refractivity contribution < 1.29 is 9.84 Å². The van der Waals surface area contributed by atoms with Crippen LogP contribution in [0.2, 0.25) is 5.02 Å². The predicted octanol–water partition coefficient (Wildman–Crippen LogP) is 2.57. The first-order chi connectivity index (χ1) is 6.20. The van der Waals surface area contributed by atoms with Crippen LogP contribution in [0.3, 0.4) is 0 Å². The average molecular weight is 199 g/mol. The average Bonchev–Trinajstić information content (AvgIpc) is 2.16. The molecule has 0 radical (unpaired) electrons. The van der Waals surface area contributed by atoms with Gasteiger partial charge in [0.1, 0.15) is 11.9 Å². The van der Waals surface area contributed by atoms with Gasteiger partial charge in [0.15, 0.2) is 0 Å². The molecule has 0 aliphatic rings. The number of hydrogen-bond donors (Lipinski definition) is 1. The van der Waals surface area contributed by atoms with Gasteiger partial charge in [-0.25, -0.2) is 0 Å². The lowest BCUT2D eigenvalue weighted by atomic mass is 10.1. The topological polar surface area (TPSA) is 29.5 Å². The van der Waals surface area contributed by atoms with Crippen LogP contribution in [0.5, 0.6) is 5.75 Å². The second-order valence-corrected chi connectivity index (χ2v) is 2.95. The lowest BCUT2D eigenvalue weighted by Gasteiger charge is -2.12. The molecule has 70 valence electrons. The van der Waals surface area contributed by atoms with E-state index in [1.165, 1.54) is 13.2 Å². The van der Waals surface area contributed by atoms with E-state index in [0.717, 1.165) is 0 Å². The third-order valence-corrected chi connectivity index (χ3v) is 2.04. The van der Waals surface area contributed by atoms with Crippen molar-refractivity contribution in [3.05, 3.63) is 41.4 Å². The summed E-state index contributed by atoms with van der Waals surface area (Å²) in [7, 11) is 1.51. The number of methoxy groups -OCH3 is 1. The number of halogens is 1. The molecule has 3 heteroatoms. The molecule has 2 nitrogen and oxygen atoms in total. The summed E-state index contributed by atoms with van der Waals surface area (Å²) in [6, 6.07) is 5.21. The maximum atomic E-state index is 9.51. The van der Waals surface area contributed by atoms with Gasteiger partial charge in [-0.3, -0.25) is 0 Å². The monoisotopic (exact) mass is 198 g/mol. The van der Waals surface area contributed by atoms with Crippen LogP contribution in [0.25, 0.3) is 0 Å². The molecule has 0 amide bonds. The van der Waals surface area contributed by atoms with Crippen LogP contribution in [0.15, 0.2) is 30.9 Å². The number of benzene rings is 1. The third-order valence-electron chi connectivity index (χ3n) is 1.74. The van der Waals surface area contributed by atoms with Crippen molar-refractivity contribution in [1.29, 1.82) is 0 Å². The molecule has 0 spiro atoms. The fourth-order valence-electron chi connectivity index (χ4n) is 1.10. The van der Waals surface area contributed by atoms with Gasteiger partial charge in [0.2, 0.25) is 0 Å². The minimum absolute atomic E-state index is 0.487. The maximum Gasteiger partial charge on any atom is 0.143 e. The van der Waals surface area contributed by atoms with Gasteiger partial charge < -0.3 is 9.84 Å². The first-order valence-corrected chi connectivity index (χ1v) is 4.21. The normalized spacial score (nSPS) is 12.2. The van der Waals surface area contributed by atoms with E-state index < -0.39 is 6.10 Å². The van der Waals surface area contributed by atoms with E-state index in [0.29, 0.717) is 16.3 Å². The Labute approximate surface area is 82.4 Å². The summed E-state index contributed by atoms with van der Waals surface area (Å²) < 4.78 is 5.06. The Morgan fingerprint density at radius 3 is 2.85 bits per heavy atom. The number of ether oxygens (including phenoxy) is 1. The van der Waals surface area contributed by atoms with Crippen molar-refractivity contribution in [3.63, 3.8) is 0 Å². The Kier molecular flexibility index (Phi) is 3.34. The highest BCUT2D eigenvalue weighted by molar-refractivity contribution is 6.32. The van der Waals surface area contributed by atoms with Gasteiger partial charge >= 0.3 is 0 Å². The van der Waals surface area contributed by atoms with Crippen LogP contribution in [-0.4, -0.2) is 12.2 Å². The zero-order valence-electron chi connectivity index (χ0n) is 7.33. The first kappa shape index (κ1) is 10.1. The van der Waals surface area contributed by atoms with Crippen molar-refractivity contribution >= 4 is 11.6 Å². The molecule has 1 aromatic rings. The molecule has 0 aromatic heterocycles. The zero-order valence-corrected chi connectivity index (χ0v) is 8.08. The largest absolute Gasteiger partial charge is 0.495 e. The molecule has 1 rings (SSSR count). The summed E-state index contributed by atoms with van der Waals surface area (Å²) in [5, 5.41) is 10.00. The lowest BCUT2D eigenvalue weighted by molar-refractivity contribution is 0.223. The van der Waals surface area contributed by atoms with Crippen molar-refractivity contribution in [2.24, 2.45) is 0 Å². The molecular formula is C10H11ClO2. The predicted molar refractivity (Wildman–Crippen MR) is 53.2 cm³/mol. The molecule has 1 unspecified atom stereocenters. The summed E-state index contributed by atoms with van der Waals surface area (Å²) >= 11 is 5.86. The highest BCUT2D eigenvalue weighted by atomic mass is 35.5. The summed E-state index contributed by atoms with van der Waals surface area (Å²) in [5.74, 6) is 0.497. The van der Waals surface area contributed by atoms with E-state index in [2.05, 4.69) is 6.58 Å². The van der Waals surface area contributed by atoms with Gasteiger partial charge in [0.05, 0.1) is 12.1 Å². The second-order valence-electron chi connectivity index (χ2n) is 2.54. The van der Waals surface area contributed by atoms with Crippen molar-refractivity contribution in [3.8, 4) is 5.75 Å². The molecule has 0 saturated heterocycles. The van der Waals surface area contributed by atoms with Crippen LogP contribution in [0, 0.1) is 0 Å². The van der Waals surface area contributed by atoms with Gasteiger partial charge in [-0.2, -0.15) is 0 Å². The standard InChI is InChI=1S/C10H11ClO2/c1-3-9(12)7-5-4-6-8(11)10(7)13-2/h3-6,9,12H,1H2,2H3. The Balaban J connectivity index is 3.19.